The molecule has 3 rings (SSSR count). The summed E-state index contributed by atoms with van der Waals surface area (Å²) in [5.74, 6) is 0. The maximum Gasteiger partial charge on any atom is 0.0645 e. The molecular weight excluding hydrogens is 214 g/mol. The molecule has 3 heterocycles. The van der Waals surface area contributed by atoms with Crippen molar-refractivity contribution in [2.75, 3.05) is 37.7 Å². The van der Waals surface area contributed by atoms with Crippen LogP contribution in [0.3, 0.4) is 0 Å². The van der Waals surface area contributed by atoms with Crippen molar-refractivity contribution in [3.8, 4) is 0 Å². The van der Waals surface area contributed by atoms with Crippen LogP contribution in [0.25, 0.3) is 0 Å². The van der Waals surface area contributed by atoms with Gasteiger partial charge in [-0.05, 0) is 19.1 Å². The fraction of sp³-hybridized carbons (Fsp3) is 0.615. The second kappa shape index (κ2) is 4.63. The van der Waals surface area contributed by atoms with E-state index >= 15 is 0 Å². The summed E-state index contributed by atoms with van der Waals surface area (Å²) < 4.78 is 5.27. The van der Waals surface area contributed by atoms with E-state index in [4.69, 9.17) is 4.74 Å². The van der Waals surface area contributed by atoms with Crippen molar-refractivity contribution in [1.82, 2.24) is 9.88 Å². The first-order chi connectivity index (χ1) is 8.34. The Morgan fingerprint density at radius 2 is 2.24 bits per heavy atom. The second-order valence-corrected chi connectivity index (χ2v) is 4.94. The third-order valence-electron chi connectivity index (χ3n) is 3.77. The van der Waals surface area contributed by atoms with Crippen LogP contribution < -0.4 is 4.90 Å². The van der Waals surface area contributed by atoms with Gasteiger partial charge in [0.05, 0.1) is 31.1 Å². The van der Waals surface area contributed by atoms with E-state index in [9.17, 15) is 0 Å². The van der Waals surface area contributed by atoms with Crippen LogP contribution >= 0.6 is 0 Å². The molecule has 4 heteroatoms. The normalized spacial score (nSPS) is 26.9. The van der Waals surface area contributed by atoms with Crippen LogP contribution in [0, 0.1) is 0 Å². The summed E-state index contributed by atoms with van der Waals surface area (Å²) in [4.78, 5) is 9.20. The molecule has 0 aromatic carbocycles. The molecule has 1 aromatic heterocycles. The van der Waals surface area contributed by atoms with Gasteiger partial charge >= 0.3 is 0 Å². The Morgan fingerprint density at radius 1 is 1.35 bits per heavy atom. The van der Waals surface area contributed by atoms with Crippen LogP contribution in [0.1, 0.15) is 6.92 Å². The average molecular weight is 233 g/mol. The van der Waals surface area contributed by atoms with Crippen LogP contribution in [0.2, 0.25) is 0 Å². The van der Waals surface area contributed by atoms with Gasteiger partial charge in [0, 0.05) is 31.9 Å². The molecule has 0 aliphatic carbocycles. The molecule has 0 bridgehead atoms. The second-order valence-electron chi connectivity index (χ2n) is 4.94. The van der Waals surface area contributed by atoms with E-state index in [2.05, 4.69) is 27.8 Å². The summed E-state index contributed by atoms with van der Waals surface area (Å²) in [5, 5.41) is 0. The van der Waals surface area contributed by atoms with Crippen LogP contribution in [0.15, 0.2) is 24.5 Å². The van der Waals surface area contributed by atoms with E-state index in [1.54, 1.807) is 0 Å². The summed E-state index contributed by atoms with van der Waals surface area (Å²) in [5.41, 5.74) is 1.24. The first-order valence-electron chi connectivity index (χ1n) is 6.33. The Morgan fingerprint density at radius 3 is 2.82 bits per heavy atom. The van der Waals surface area contributed by atoms with Gasteiger partial charge < -0.3 is 9.64 Å². The van der Waals surface area contributed by atoms with Crippen molar-refractivity contribution >= 4 is 5.69 Å². The van der Waals surface area contributed by atoms with Gasteiger partial charge in [0.2, 0.25) is 0 Å². The van der Waals surface area contributed by atoms with Gasteiger partial charge in [-0.2, -0.15) is 0 Å². The molecule has 2 saturated heterocycles. The van der Waals surface area contributed by atoms with Crippen LogP contribution in [0.5, 0.6) is 0 Å². The quantitative estimate of drug-likeness (QED) is 0.761. The third-order valence-corrected chi connectivity index (χ3v) is 3.77. The highest BCUT2D eigenvalue weighted by molar-refractivity contribution is 5.45. The van der Waals surface area contributed by atoms with Crippen molar-refractivity contribution in [1.29, 1.82) is 0 Å². The summed E-state index contributed by atoms with van der Waals surface area (Å²) in [6.45, 7) is 7.47. The van der Waals surface area contributed by atoms with Crippen LogP contribution in [0.4, 0.5) is 5.69 Å². The molecule has 0 N–H and O–H groups in total. The lowest BCUT2D eigenvalue weighted by atomic mass is 10.1. The summed E-state index contributed by atoms with van der Waals surface area (Å²) in [6.07, 6.45) is 3.79. The average Bonchev–Trinajstić information content (AvgIpc) is 2.28. The number of hydrogen-bond donors (Lipinski definition) is 0. The van der Waals surface area contributed by atoms with Crippen molar-refractivity contribution in [3.63, 3.8) is 0 Å². The van der Waals surface area contributed by atoms with Crippen molar-refractivity contribution < 1.29 is 4.74 Å². The fourth-order valence-corrected chi connectivity index (χ4v) is 2.66. The Labute approximate surface area is 102 Å². The van der Waals surface area contributed by atoms with Crippen LogP contribution in [-0.4, -0.2) is 54.8 Å². The first-order valence-corrected chi connectivity index (χ1v) is 6.33. The molecule has 2 fully saturated rings. The third kappa shape index (κ3) is 2.15. The molecule has 2 aliphatic rings. The summed E-state index contributed by atoms with van der Waals surface area (Å²) >= 11 is 0. The minimum absolute atomic E-state index is 0.550. The smallest absolute Gasteiger partial charge is 0.0645 e. The monoisotopic (exact) mass is 233 g/mol. The standard InChI is InChI=1S/C13H19N3O/c1-11-8-15(13-9-17-10-13)5-6-16(11)12-3-2-4-14-7-12/h2-4,7,11,13H,5-6,8-10H2,1H3. The maximum atomic E-state index is 5.27. The van der Waals surface area contributed by atoms with Gasteiger partial charge in [0.15, 0.2) is 0 Å². The molecule has 2 aliphatic heterocycles. The molecular formula is C13H19N3O. The highest BCUT2D eigenvalue weighted by Gasteiger charge is 2.32. The number of hydrogen-bond acceptors (Lipinski definition) is 4. The van der Waals surface area contributed by atoms with E-state index in [0.29, 0.717) is 12.1 Å². The number of ether oxygens (including phenoxy) is 1. The molecule has 17 heavy (non-hydrogen) atoms. The van der Waals surface area contributed by atoms with Gasteiger partial charge in [-0.15, -0.1) is 0 Å². The topological polar surface area (TPSA) is 28.6 Å². The summed E-state index contributed by atoms with van der Waals surface area (Å²) in [7, 11) is 0. The van der Waals surface area contributed by atoms with Crippen molar-refractivity contribution in [2.45, 2.75) is 19.0 Å². The fourth-order valence-electron chi connectivity index (χ4n) is 2.66. The van der Waals surface area contributed by atoms with E-state index in [1.165, 1.54) is 5.69 Å². The Hall–Kier alpha value is -1.13. The lowest BCUT2D eigenvalue weighted by Crippen LogP contribution is -2.59. The van der Waals surface area contributed by atoms with Gasteiger partial charge in [0.25, 0.3) is 0 Å². The van der Waals surface area contributed by atoms with Gasteiger partial charge in [-0.1, -0.05) is 0 Å². The number of nitrogens with zero attached hydrogens (tertiary/aromatic N) is 3. The largest absolute Gasteiger partial charge is 0.378 e. The highest BCUT2D eigenvalue weighted by atomic mass is 16.5. The predicted molar refractivity (Wildman–Crippen MR) is 67.2 cm³/mol. The zero-order valence-electron chi connectivity index (χ0n) is 10.2. The SMILES string of the molecule is CC1CN(C2COC2)CCN1c1cccnc1. The van der Waals surface area contributed by atoms with Gasteiger partial charge in [-0.3, -0.25) is 9.88 Å². The molecule has 4 nitrogen and oxygen atoms in total. The molecule has 92 valence electrons. The van der Waals surface area contributed by atoms with E-state index < -0.39 is 0 Å². The Balaban J connectivity index is 1.66. The molecule has 1 aromatic rings. The molecule has 1 unspecified atom stereocenters. The van der Waals surface area contributed by atoms with Crippen molar-refractivity contribution in [3.05, 3.63) is 24.5 Å². The Bertz CT molecular complexity index is 366. The predicted octanol–water partition coefficient (Wildman–Crippen LogP) is 0.991. The molecule has 0 radical (unpaired) electrons. The highest BCUT2D eigenvalue weighted by Crippen LogP contribution is 2.22. The number of aromatic nitrogens is 1. The number of piperazine rings is 1. The number of anilines is 1. The van der Waals surface area contributed by atoms with Gasteiger partial charge in [0.1, 0.15) is 0 Å². The van der Waals surface area contributed by atoms with Crippen molar-refractivity contribution in [2.24, 2.45) is 0 Å². The van der Waals surface area contributed by atoms with E-state index in [-0.39, 0.29) is 0 Å². The molecule has 1 atom stereocenters. The first kappa shape index (κ1) is 11.0. The lowest BCUT2D eigenvalue weighted by molar-refractivity contribution is -0.0691. The molecule has 0 spiro atoms. The number of pyridine rings is 1. The molecule has 0 saturated carbocycles. The maximum absolute atomic E-state index is 5.27. The minimum atomic E-state index is 0.550. The van der Waals surface area contributed by atoms with E-state index in [0.717, 1.165) is 32.8 Å². The van der Waals surface area contributed by atoms with Gasteiger partial charge in [-0.25, -0.2) is 0 Å². The zero-order chi connectivity index (χ0) is 11.7. The minimum Gasteiger partial charge on any atom is -0.378 e. The van der Waals surface area contributed by atoms with Crippen LogP contribution in [-0.2, 0) is 4.74 Å². The Kier molecular flexibility index (Phi) is 2.99. The van der Waals surface area contributed by atoms with E-state index in [1.807, 2.05) is 18.5 Å². The summed E-state index contributed by atoms with van der Waals surface area (Å²) in [6, 6.07) is 5.36. The zero-order valence-corrected chi connectivity index (χ0v) is 10.2. The molecule has 0 amide bonds. The lowest BCUT2D eigenvalue weighted by Gasteiger charge is -2.46. The number of rotatable bonds is 2.